The standard InChI is InChI=1S/C12H25BN4O5/c14-6-9(15)10(18)8-5-12(11(19)20,17(16)7-8)3-1-2-4-13(21)22/h8-9,21-22H,1-7,14-16H2,(H,19,20)/t8-,9+,12-/m1/s1. The third-order valence-corrected chi connectivity index (χ3v) is 4.27. The molecule has 22 heavy (non-hydrogen) atoms. The van der Waals surface area contributed by atoms with Gasteiger partial charge >= 0.3 is 13.1 Å². The van der Waals surface area contributed by atoms with Crippen molar-refractivity contribution < 1.29 is 24.7 Å². The molecule has 1 aliphatic rings. The van der Waals surface area contributed by atoms with Gasteiger partial charge in [0, 0.05) is 19.0 Å². The highest BCUT2D eigenvalue weighted by molar-refractivity contribution is 6.40. The first-order valence-corrected chi connectivity index (χ1v) is 7.36. The largest absolute Gasteiger partial charge is 0.480 e. The van der Waals surface area contributed by atoms with Crippen molar-refractivity contribution in [1.82, 2.24) is 5.01 Å². The Morgan fingerprint density at radius 1 is 1.36 bits per heavy atom. The summed E-state index contributed by atoms with van der Waals surface area (Å²) in [6.45, 7) is 0.135. The Kier molecular flexibility index (Phi) is 6.91. The Hall–Kier alpha value is -1.04. The fraction of sp³-hybridized carbons (Fsp3) is 0.833. The topological polar surface area (TPSA) is 176 Å². The van der Waals surface area contributed by atoms with Crippen LogP contribution in [0.2, 0.25) is 6.32 Å². The van der Waals surface area contributed by atoms with E-state index in [1.165, 1.54) is 5.01 Å². The van der Waals surface area contributed by atoms with Crippen LogP contribution in [0.1, 0.15) is 25.7 Å². The minimum atomic E-state index is -1.41. The molecule has 0 bridgehead atoms. The molecule has 1 heterocycles. The molecular formula is C12H25BN4O5. The predicted molar refractivity (Wildman–Crippen MR) is 80.3 cm³/mol. The first-order valence-electron chi connectivity index (χ1n) is 7.36. The van der Waals surface area contributed by atoms with Gasteiger partial charge in [-0.2, -0.15) is 0 Å². The van der Waals surface area contributed by atoms with Crippen molar-refractivity contribution in [1.29, 1.82) is 0 Å². The highest BCUT2D eigenvalue weighted by Gasteiger charge is 2.52. The van der Waals surface area contributed by atoms with E-state index in [4.69, 9.17) is 27.4 Å². The molecule has 0 aromatic rings. The molecule has 0 amide bonds. The van der Waals surface area contributed by atoms with Crippen molar-refractivity contribution in [3.63, 3.8) is 0 Å². The molecule has 0 saturated carbocycles. The number of Topliss-reactive ketones (excluding diaryl/α,β-unsaturated/α-hetero) is 1. The number of ketones is 1. The summed E-state index contributed by atoms with van der Waals surface area (Å²) < 4.78 is 0. The van der Waals surface area contributed by atoms with Gasteiger partial charge in [-0.15, -0.1) is 0 Å². The Bertz CT molecular complexity index is 411. The molecule has 0 spiro atoms. The molecule has 9 N–H and O–H groups in total. The molecule has 1 aliphatic heterocycles. The normalized spacial score (nSPS) is 26.9. The van der Waals surface area contributed by atoms with Gasteiger partial charge in [0.1, 0.15) is 5.54 Å². The summed E-state index contributed by atoms with van der Waals surface area (Å²) in [5.74, 6) is 3.95. The minimum absolute atomic E-state index is 0.00830. The van der Waals surface area contributed by atoms with E-state index in [1.54, 1.807) is 0 Å². The minimum Gasteiger partial charge on any atom is -0.480 e. The van der Waals surface area contributed by atoms with Gasteiger partial charge in [0.25, 0.3) is 0 Å². The number of aliphatic carboxylic acids is 1. The van der Waals surface area contributed by atoms with Crippen LogP contribution in [-0.2, 0) is 9.59 Å². The lowest BCUT2D eigenvalue weighted by Crippen LogP contribution is -2.53. The van der Waals surface area contributed by atoms with Crippen molar-refractivity contribution in [3.8, 4) is 0 Å². The lowest BCUT2D eigenvalue weighted by atomic mass is 9.80. The summed E-state index contributed by atoms with van der Waals surface area (Å²) in [4.78, 5) is 23.8. The first-order chi connectivity index (χ1) is 10.2. The van der Waals surface area contributed by atoms with E-state index < -0.39 is 30.6 Å². The van der Waals surface area contributed by atoms with Gasteiger partial charge in [-0.3, -0.25) is 15.4 Å². The Labute approximate surface area is 129 Å². The van der Waals surface area contributed by atoms with Crippen LogP contribution in [0, 0.1) is 5.92 Å². The van der Waals surface area contributed by atoms with Crippen LogP contribution >= 0.6 is 0 Å². The summed E-state index contributed by atoms with van der Waals surface area (Å²) in [6.07, 6.45) is 1.41. The molecule has 126 valence electrons. The highest BCUT2D eigenvalue weighted by atomic mass is 16.4. The number of rotatable bonds is 9. The Morgan fingerprint density at radius 3 is 2.50 bits per heavy atom. The van der Waals surface area contributed by atoms with Crippen molar-refractivity contribution in [3.05, 3.63) is 0 Å². The summed E-state index contributed by atoms with van der Waals surface area (Å²) >= 11 is 0. The molecule has 0 aromatic heterocycles. The van der Waals surface area contributed by atoms with Gasteiger partial charge in [-0.25, -0.2) is 5.01 Å². The Morgan fingerprint density at radius 2 is 2.00 bits per heavy atom. The monoisotopic (exact) mass is 316 g/mol. The quantitative estimate of drug-likeness (QED) is 0.152. The van der Waals surface area contributed by atoms with Crippen LogP contribution < -0.4 is 17.3 Å². The molecule has 3 atom stereocenters. The molecule has 0 radical (unpaired) electrons. The number of nitrogens with two attached hydrogens (primary N) is 3. The maximum Gasteiger partial charge on any atom is 0.451 e. The zero-order chi connectivity index (χ0) is 16.9. The number of carbonyl (C=O) groups is 2. The second-order valence-corrected chi connectivity index (χ2v) is 5.86. The second-order valence-electron chi connectivity index (χ2n) is 5.86. The number of carbonyl (C=O) groups excluding carboxylic acids is 1. The predicted octanol–water partition coefficient (Wildman–Crippen LogP) is -2.50. The van der Waals surface area contributed by atoms with Gasteiger partial charge in [-0.05, 0) is 19.2 Å². The van der Waals surface area contributed by atoms with Crippen molar-refractivity contribution in [2.75, 3.05) is 13.1 Å². The van der Waals surface area contributed by atoms with E-state index >= 15 is 0 Å². The van der Waals surface area contributed by atoms with E-state index in [2.05, 4.69) is 0 Å². The number of hydrogen-bond donors (Lipinski definition) is 6. The third-order valence-electron chi connectivity index (χ3n) is 4.27. The van der Waals surface area contributed by atoms with E-state index in [1.807, 2.05) is 0 Å². The molecular weight excluding hydrogens is 291 g/mol. The molecule has 10 heteroatoms. The summed E-state index contributed by atoms with van der Waals surface area (Å²) in [5.41, 5.74) is 9.67. The van der Waals surface area contributed by atoms with Crippen LogP contribution in [0.5, 0.6) is 0 Å². The van der Waals surface area contributed by atoms with E-state index in [-0.39, 0.29) is 38.0 Å². The fourth-order valence-electron chi connectivity index (χ4n) is 2.92. The van der Waals surface area contributed by atoms with Gasteiger partial charge < -0.3 is 26.6 Å². The number of carboxylic acid groups (broad SMARTS) is 1. The first kappa shape index (κ1) is 19.0. The summed E-state index contributed by atoms with van der Waals surface area (Å²) in [7, 11) is -1.41. The van der Waals surface area contributed by atoms with Crippen LogP contribution in [-0.4, -0.2) is 63.7 Å². The average Bonchev–Trinajstić information content (AvgIpc) is 2.80. The zero-order valence-corrected chi connectivity index (χ0v) is 12.5. The second kappa shape index (κ2) is 8.00. The highest BCUT2D eigenvalue weighted by Crippen LogP contribution is 2.36. The van der Waals surface area contributed by atoms with E-state index in [0.717, 1.165) is 0 Å². The number of nitrogens with zero attached hydrogens (tertiary/aromatic N) is 1. The number of hydrogen-bond acceptors (Lipinski definition) is 8. The number of unbranched alkanes of at least 4 members (excludes halogenated alkanes) is 1. The van der Waals surface area contributed by atoms with Gasteiger partial charge in [-0.1, -0.05) is 12.8 Å². The zero-order valence-electron chi connectivity index (χ0n) is 12.5. The van der Waals surface area contributed by atoms with Crippen LogP contribution in [0.15, 0.2) is 0 Å². The SMILES string of the molecule is NC[C@H](N)C(=O)[C@H]1CN(N)[C@@](CCCCB(O)O)(C(=O)O)C1. The molecule has 9 nitrogen and oxygen atoms in total. The number of carboxylic acids is 1. The molecule has 1 fully saturated rings. The van der Waals surface area contributed by atoms with Crippen LogP contribution in [0.25, 0.3) is 0 Å². The van der Waals surface area contributed by atoms with Crippen LogP contribution in [0.4, 0.5) is 0 Å². The number of hydrazine groups is 1. The maximum absolute atomic E-state index is 12.1. The van der Waals surface area contributed by atoms with Crippen molar-refractivity contribution in [2.24, 2.45) is 23.2 Å². The lowest BCUT2D eigenvalue weighted by molar-refractivity contribution is -0.150. The molecule has 0 unspecified atom stereocenters. The van der Waals surface area contributed by atoms with Gasteiger partial charge in [0.15, 0.2) is 5.78 Å². The third kappa shape index (κ3) is 4.25. The van der Waals surface area contributed by atoms with Crippen LogP contribution in [0.3, 0.4) is 0 Å². The fourth-order valence-corrected chi connectivity index (χ4v) is 2.92. The van der Waals surface area contributed by atoms with Crippen molar-refractivity contribution in [2.45, 2.75) is 43.6 Å². The lowest BCUT2D eigenvalue weighted by Gasteiger charge is -2.31. The Balaban J connectivity index is 2.73. The maximum atomic E-state index is 12.1. The smallest absolute Gasteiger partial charge is 0.451 e. The molecule has 1 saturated heterocycles. The van der Waals surface area contributed by atoms with E-state index in [0.29, 0.717) is 12.8 Å². The average molecular weight is 316 g/mol. The van der Waals surface area contributed by atoms with Gasteiger partial charge in [0.2, 0.25) is 0 Å². The molecule has 0 aliphatic carbocycles. The summed E-state index contributed by atoms with van der Waals surface area (Å²) in [5, 5.41) is 28.4. The van der Waals surface area contributed by atoms with E-state index in [9.17, 15) is 14.7 Å². The van der Waals surface area contributed by atoms with Gasteiger partial charge in [0.05, 0.1) is 6.04 Å². The molecule has 1 rings (SSSR count). The van der Waals surface area contributed by atoms with Crippen molar-refractivity contribution >= 4 is 18.9 Å². The summed E-state index contributed by atoms with van der Waals surface area (Å²) in [6, 6.07) is -0.812. The molecule has 0 aromatic carbocycles.